The monoisotopic (exact) mass is 414 g/mol. The molecular weight excluding hydrogens is 391 g/mol. The predicted molar refractivity (Wildman–Crippen MR) is 114 cm³/mol. The fourth-order valence-corrected chi connectivity index (χ4v) is 4.67. The van der Waals surface area contributed by atoms with E-state index in [9.17, 15) is 9.18 Å². The Morgan fingerprint density at radius 2 is 2.24 bits per heavy atom. The van der Waals surface area contributed by atoms with Gasteiger partial charge < -0.3 is 22.1 Å². The number of nitrogens with zero attached hydrogens (tertiary/aromatic N) is 2. The summed E-state index contributed by atoms with van der Waals surface area (Å²) >= 11 is 1.24. The molecule has 1 atom stereocenters. The van der Waals surface area contributed by atoms with E-state index in [-0.39, 0.29) is 17.8 Å². The van der Waals surface area contributed by atoms with Crippen LogP contribution in [-0.2, 0) is 12.8 Å². The average molecular weight is 415 g/mol. The van der Waals surface area contributed by atoms with Gasteiger partial charge in [-0.15, -0.1) is 11.3 Å². The van der Waals surface area contributed by atoms with Crippen LogP contribution in [0.15, 0.2) is 18.3 Å². The van der Waals surface area contributed by atoms with E-state index in [1.807, 2.05) is 13.0 Å². The quantitative estimate of drug-likeness (QED) is 0.509. The molecule has 3 aromatic rings. The van der Waals surface area contributed by atoms with Crippen molar-refractivity contribution >= 4 is 39.0 Å². The van der Waals surface area contributed by atoms with E-state index in [0.29, 0.717) is 64.5 Å². The highest BCUT2D eigenvalue weighted by atomic mass is 32.1. The Balaban J connectivity index is 1.50. The van der Waals surface area contributed by atoms with Crippen LogP contribution < -0.4 is 22.1 Å². The maximum absolute atomic E-state index is 14.7. The molecule has 9 heteroatoms. The Labute approximate surface area is 171 Å². The first kappa shape index (κ1) is 19.5. The molecule has 2 heterocycles. The summed E-state index contributed by atoms with van der Waals surface area (Å²) in [5.41, 5.74) is 15.4. The number of hydrogen-bond donors (Lipinski definition) is 4. The molecule has 0 aliphatic heterocycles. The molecule has 1 amide bonds. The number of anilines is 2. The van der Waals surface area contributed by atoms with E-state index in [1.54, 1.807) is 12.3 Å². The molecule has 2 aromatic heterocycles. The fourth-order valence-electron chi connectivity index (χ4n) is 3.67. The summed E-state index contributed by atoms with van der Waals surface area (Å²) in [6.45, 7) is 2.81. The van der Waals surface area contributed by atoms with Crippen molar-refractivity contribution in [2.24, 2.45) is 5.73 Å². The minimum Gasteiger partial charge on any atom is -0.396 e. The lowest BCUT2D eigenvalue weighted by atomic mass is 9.87. The van der Waals surface area contributed by atoms with E-state index >= 15 is 0 Å². The third-order valence-corrected chi connectivity index (χ3v) is 6.20. The highest BCUT2D eigenvalue weighted by molar-refractivity contribution is 7.21. The zero-order valence-corrected chi connectivity index (χ0v) is 16.9. The molecule has 0 unspecified atom stereocenters. The molecule has 0 spiro atoms. The Morgan fingerprint density at radius 3 is 3.03 bits per heavy atom. The van der Waals surface area contributed by atoms with Crippen LogP contribution in [0.4, 0.5) is 15.8 Å². The average Bonchev–Trinajstić information content (AvgIpc) is 3.03. The predicted octanol–water partition coefficient (Wildman–Crippen LogP) is 2.38. The van der Waals surface area contributed by atoms with Crippen molar-refractivity contribution in [1.29, 1.82) is 0 Å². The van der Waals surface area contributed by atoms with E-state index in [0.717, 1.165) is 11.3 Å². The SMILES string of the molecule is Cc1cnc2c(N)c(C(=O)N[C@H]3CCc4c(ccc(NCCN)c4F)C3)sc2n1. The number of carbonyl (C=O) groups excluding carboxylic acids is 1. The molecule has 29 heavy (non-hydrogen) atoms. The first-order valence-corrected chi connectivity index (χ1v) is 10.4. The standard InChI is InChI=1S/C20H23FN6OS/c1-10-9-25-17-16(23)18(29-20(17)26-10)19(28)27-12-3-4-13-11(8-12)2-5-14(15(13)21)24-7-6-22/h2,5,9,12,24H,3-4,6-8,22-23H2,1H3,(H,27,28)/t12-/m0/s1. The van der Waals surface area contributed by atoms with Gasteiger partial charge in [0.2, 0.25) is 0 Å². The highest BCUT2D eigenvalue weighted by Crippen LogP contribution is 2.32. The summed E-state index contributed by atoms with van der Waals surface area (Å²) in [7, 11) is 0. The molecule has 1 aliphatic carbocycles. The Morgan fingerprint density at radius 1 is 1.41 bits per heavy atom. The lowest BCUT2D eigenvalue weighted by Crippen LogP contribution is -2.39. The van der Waals surface area contributed by atoms with Crippen LogP contribution in [0, 0.1) is 12.7 Å². The molecule has 0 saturated heterocycles. The second-order valence-electron chi connectivity index (χ2n) is 7.20. The number of halogens is 1. The molecule has 6 N–H and O–H groups in total. The third kappa shape index (κ3) is 3.75. The third-order valence-electron chi connectivity index (χ3n) is 5.11. The number of nitrogens with one attached hydrogen (secondary N) is 2. The van der Waals surface area contributed by atoms with Crippen LogP contribution in [0.3, 0.4) is 0 Å². The molecule has 1 aromatic carbocycles. The van der Waals surface area contributed by atoms with Gasteiger partial charge in [-0.3, -0.25) is 4.79 Å². The molecule has 7 nitrogen and oxygen atoms in total. The lowest BCUT2D eigenvalue weighted by molar-refractivity contribution is 0.0938. The number of amides is 1. The number of thiophene rings is 1. The molecular formula is C20H23FN6OS. The van der Waals surface area contributed by atoms with Crippen LogP contribution in [0.25, 0.3) is 10.3 Å². The van der Waals surface area contributed by atoms with E-state index in [4.69, 9.17) is 11.5 Å². The number of nitrogens with two attached hydrogens (primary N) is 2. The van der Waals surface area contributed by atoms with E-state index in [1.165, 1.54) is 11.3 Å². The van der Waals surface area contributed by atoms with Gasteiger partial charge in [-0.1, -0.05) is 6.07 Å². The van der Waals surface area contributed by atoms with Gasteiger partial charge in [0.05, 0.1) is 17.1 Å². The van der Waals surface area contributed by atoms with Gasteiger partial charge in [0.15, 0.2) is 0 Å². The van der Waals surface area contributed by atoms with Gasteiger partial charge in [-0.25, -0.2) is 14.4 Å². The second-order valence-corrected chi connectivity index (χ2v) is 8.20. The molecule has 0 saturated carbocycles. The van der Waals surface area contributed by atoms with Crippen molar-refractivity contribution in [2.75, 3.05) is 24.1 Å². The van der Waals surface area contributed by atoms with Gasteiger partial charge in [-0.2, -0.15) is 0 Å². The zero-order valence-electron chi connectivity index (χ0n) is 16.1. The molecule has 4 rings (SSSR count). The van der Waals surface area contributed by atoms with E-state index < -0.39 is 0 Å². The minimum absolute atomic E-state index is 0.0792. The molecule has 0 bridgehead atoms. The summed E-state index contributed by atoms with van der Waals surface area (Å²) in [4.78, 5) is 22.6. The van der Waals surface area contributed by atoms with Crippen LogP contribution in [-0.4, -0.2) is 35.0 Å². The zero-order chi connectivity index (χ0) is 20.5. The summed E-state index contributed by atoms with van der Waals surface area (Å²) in [6.07, 6.45) is 3.44. The van der Waals surface area contributed by atoms with Crippen LogP contribution in [0.2, 0.25) is 0 Å². The topological polar surface area (TPSA) is 119 Å². The minimum atomic E-state index is -0.236. The first-order chi connectivity index (χ1) is 14.0. The number of hydrogen-bond acceptors (Lipinski definition) is 7. The summed E-state index contributed by atoms with van der Waals surface area (Å²) < 4.78 is 14.7. The number of aryl methyl sites for hydroxylation is 1. The van der Waals surface area contributed by atoms with Crippen molar-refractivity contribution in [3.63, 3.8) is 0 Å². The molecule has 1 aliphatic rings. The number of fused-ring (bicyclic) bond motifs is 2. The summed E-state index contributed by atoms with van der Waals surface area (Å²) in [6, 6.07) is 3.57. The maximum atomic E-state index is 14.7. The fraction of sp³-hybridized carbons (Fsp3) is 0.350. The van der Waals surface area contributed by atoms with Crippen LogP contribution in [0.5, 0.6) is 0 Å². The summed E-state index contributed by atoms with van der Waals surface area (Å²) in [5.74, 6) is -0.456. The maximum Gasteiger partial charge on any atom is 0.263 e. The van der Waals surface area contributed by atoms with Gasteiger partial charge >= 0.3 is 0 Å². The first-order valence-electron chi connectivity index (χ1n) is 9.54. The van der Waals surface area contributed by atoms with Crippen LogP contribution >= 0.6 is 11.3 Å². The van der Waals surface area contributed by atoms with Crippen molar-refractivity contribution in [3.8, 4) is 0 Å². The largest absolute Gasteiger partial charge is 0.396 e. The molecule has 0 fully saturated rings. The van der Waals surface area contributed by atoms with Crippen molar-refractivity contribution in [3.05, 3.63) is 45.8 Å². The normalized spacial score (nSPS) is 15.9. The lowest BCUT2D eigenvalue weighted by Gasteiger charge is -2.26. The van der Waals surface area contributed by atoms with Crippen molar-refractivity contribution < 1.29 is 9.18 Å². The van der Waals surface area contributed by atoms with E-state index in [2.05, 4.69) is 20.6 Å². The van der Waals surface area contributed by atoms with Crippen LogP contribution in [0.1, 0.15) is 32.9 Å². The van der Waals surface area contributed by atoms with Crippen molar-refractivity contribution in [1.82, 2.24) is 15.3 Å². The number of carbonyl (C=O) groups is 1. The number of rotatable bonds is 5. The molecule has 0 radical (unpaired) electrons. The van der Waals surface area contributed by atoms with Gasteiger partial charge in [0.1, 0.15) is 21.0 Å². The van der Waals surface area contributed by atoms with Crippen molar-refractivity contribution in [2.45, 2.75) is 32.2 Å². The van der Waals surface area contributed by atoms with Gasteiger partial charge in [0.25, 0.3) is 5.91 Å². The highest BCUT2D eigenvalue weighted by Gasteiger charge is 2.26. The van der Waals surface area contributed by atoms with Gasteiger partial charge in [-0.05, 0) is 43.4 Å². The second kappa shape index (κ2) is 7.92. The number of nitrogen functional groups attached to an aromatic ring is 1. The Kier molecular flexibility index (Phi) is 5.33. The number of benzene rings is 1. The Hall–Kier alpha value is -2.78. The number of aromatic nitrogens is 2. The summed E-state index contributed by atoms with van der Waals surface area (Å²) in [5, 5.41) is 6.05. The smallest absolute Gasteiger partial charge is 0.263 e. The van der Waals surface area contributed by atoms with Gasteiger partial charge in [0, 0.05) is 25.3 Å². The Bertz CT molecular complexity index is 1080. The molecule has 152 valence electrons.